The Morgan fingerprint density at radius 2 is 1.48 bits per heavy atom. The lowest BCUT2D eigenvalue weighted by Gasteiger charge is -2.39. The van der Waals surface area contributed by atoms with Crippen LogP contribution in [0.2, 0.25) is 0 Å². The molecular weight excluding hydrogens is 638 g/mol. The number of piperazine rings is 1. The van der Waals surface area contributed by atoms with Gasteiger partial charge >= 0.3 is 6.03 Å². The summed E-state index contributed by atoms with van der Waals surface area (Å²) in [4.78, 5) is 40.6. The lowest BCUT2D eigenvalue weighted by Crippen LogP contribution is -2.56. The topological polar surface area (TPSA) is 139 Å². The minimum absolute atomic E-state index is 0.0562. The number of amidine groups is 1. The summed E-state index contributed by atoms with van der Waals surface area (Å²) in [5, 5.41) is 30.4. The number of hydrogen-bond acceptors (Lipinski definition) is 9. The molecule has 0 saturated carbocycles. The SMILES string of the molecule is CCOc1cc(C(C)(C)CO)ccc1C1=NC(c2ccc(O)cc2)C(c2ccc(O)cc2)N1C(=O)N1CCN(CC(=O)N2CCOCC2)CC1. The van der Waals surface area contributed by atoms with Crippen molar-refractivity contribution in [2.24, 2.45) is 4.99 Å². The number of aliphatic imine (C=N–C) groups is 1. The largest absolute Gasteiger partial charge is 0.508 e. The average molecular weight is 686 g/mol. The van der Waals surface area contributed by atoms with Crippen LogP contribution in [0.1, 0.15) is 55.1 Å². The van der Waals surface area contributed by atoms with E-state index in [1.54, 1.807) is 46.2 Å². The van der Waals surface area contributed by atoms with Crippen LogP contribution >= 0.6 is 0 Å². The quantitative estimate of drug-likeness (QED) is 0.309. The standard InChI is InChI=1S/C38H47N5O7/c1-4-50-32-23-28(38(2,3)25-44)9-14-31(32)36-39-34(26-5-10-29(45)11-6-26)35(27-7-12-30(46)13-8-27)43(36)37(48)42-17-15-40(16-18-42)24-33(47)41-19-21-49-22-20-41/h5-14,23,34-35,44-46H,4,15-22,24-25H2,1-3H3. The molecule has 0 aromatic heterocycles. The summed E-state index contributed by atoms with van der Waals surface area (Å²) in [6, 6.07) is 18.0. The number of aliphatic hydroxyl groups is 1. The molecule has 266 valence electrons. The van der Waals surface area contributed by atoms with Crippen molar-refractivity contribution in [2.45, 2.75) is 38.3 Å². The number of nitrogens with zero attached hydrogens (tertiary/aromatic N) is 5. The first-order valence-electron chi connectivity index (χ1n) is 17.3. The molecule has 12 nitrogen and oxygen atoms in total. The Morgan fingerprint density at radius 1 is 0.860 bits per heavy atom. The molecule has 3 aromatic carbocycles. The number of urea groups is 1. The molecule has 3 aromatic rings. The minimum atomic E-state index is -0.591. The minimum Gasteiger partial charge on any atom is -0.508 e. The van der Waals surface area contributed by atoms with Crippen LogP contribution < -0.4 is 4.74 Å². The van der Waals surface area contributed by atoms with Crippen LogP contribution in [0.5, 0.6) is 17.2 Å². The highest BCUT2D eigenvalue weighted by Gasteiger charge is 2.45. The molecular formula is C38H47N5O7. The summed E-state index contributed by atoms with van der Waals surface area (Å²) >= 11 is 0. The molecule has 50 heavy (non-hydrogen) atoms. The molecule has 3 amide bonds. The van der Waals surface area contributed by atoms with Gasteiger partial charge in [-0.2, -0.15) is 0 Å². The second-order valence-electron chi connectivity index (χ2n) is 13.6. The molecule has 2 saturated heterocycles. The van der Waals surface area contributed by atoms with Gasteiger partial charge in [-0.1, -0.05) is 44.2 Å². The molecule has 0 radical (unpaired) electrons. The van der Waals surface area contributed by atoms with E-state index in [1.807, 2.05) is 56.0 Å². The second kappa shape index (κ2) is 15.1. The van der Waals surface area contributed by atoms with E-state index in [4.69, 9.17) is 14.5 Å². The van der Waals surface area contributed by atoms with Gasteiger partial charge in [-0.3, -0.25) is 19.6 Å². The third-order valence-corrected chi connectivity index (χ3v) is 9.81. The zero-order chi connectivity index (χ0) is 35.4. The van der Waals surface area contributed by atoms with E-state index in [2.05, 4.69) is 4.90 Å². The average Bonchev–Trinajstić information content (AvgIpc) is 3.53. The van der Waals surface area contributed by atoms with Crippen molar-refractivity contribution in [1.29, 1.82) is 0 Å². The first kappa shape index (κ1) is 35.2. The highest BCUT2D eigenvalue weighted by molar-refractivity contribution is 6.11. The number of carbonyl (C=O) groups excluding carboxylic acids is 2. The van der Waals surface area contributed by atoms with Crippen LogP contribution in [-0.2, 0) is 14.9 Å². The molecule has 0 spiro atoms. The number of phenols is 2. The number of hydrogen-bond donors (Lipinski definition) is 3. The van der Waals surface area contributed by atoms with Gasteiger partial charge in [-0.25, -0.2) is 4.79 Å². The fourth-order valence-electron chi connectivity index (χ4n) is 6.73. The van der Waals surface area contributed by atoms with Crippen LogP contribution in [0.3, 0.4) is 0 Å². The number of aliphatic hydroxyl groups excluding tert-OH is 1. The van der Waals surface area contributed by atoms with Gasteiger partial charge in [0.05, 0.1) is 44.6 Å². The van der Waals surface area contributed by atoms with Gasteiger partial charge in [0.25, 0.3) is 0 Å². The summed E-state index contributed by atoms with van der Waals surface area (Å²) < 4.78 is 11.6. The fourth-order valence-corrected chi connectivity index (χ4v) is 6.73. The maximum absolute atomic E-state index is 14.9. The summed E-state index contributed by atoms with van der Waals surface area (Å²) in [5.41, 5.74) is 2.58. The Morgan fingerprint density at radius 3 is 2.08 bits per heavy atom. The van der Waals surface area contributed by atoms with Crippen LogP contribution in [0, 0.1) is 0 Å². The zero-order valence-corrected chi connectivity index (χ0v) is 29.0. The number of morpholine rings is 1. The molecule has 12 heteroatoms. The fraction of sp³-hybridized carbons (Fsp3) is 0.447. The van der Waals surface area contributed by atoms with Crippen molar-refractivity contribution in [3.8, 4) is 17.2 Å². The van der Waals surface area contributed by atoms with Gasteiger partial charge in [-0.05, 0) is 60.0 Å². The van der Waals surface area contributed by atoms with E-state index >= 15 is 0 Å². The molecule has 6 rings (SSSR count). The van der Waals surface area contributed by atoms with Gasteiger partial charge in [0, 0.05) is 44.7 Å². The van der Waals surface area contributed by atoms with Gasteiger partial charge in [0.2, 0.25) is 5.91 Å². The smallest absolute Gasteiger partial charge is 0.326 e. The van der Waals surface area contributed by atoms with E-state index in [-0.39, 0.29) is 30.0 Å². The Kier molecular flexibility index (Phi) is 10.6. The number of ether oxygens (including phenoxy) is 2. The Labute approximate surface area is 293 Å². The molecule has 3 N–H and O–H groups in total. The monoisotopic (exact) mass is 685 g/mol. The summed E-state index contributed by atoms with van der Waals surface area (Å²) in [7, 11) is 0. The van der Waals surface area contributed by atoms with E-state index in [1.165, 1.54) is 0 Å². The maximum Gasteiger partial charge on any atom is 0.326 e. The van der Waals surface area contributed by atoms with E-state index in [0.717, 1.165) is 16.7 Å². The molecule has 2 atom stereocenters. The van der Waals surface area contributed by atoms with Gasteiger partial charge in [-0.15, -0.1) is 0 Å². The third-order valence-electron chi connectivity index (χ3n) is 9.81. The molecule has 0 bridgehead atoms. The van der Waals surface area contributed by atoms with E-state index in [0.29, 0.717) is 82.8 Å². The van der Waals surface area contributed by atoms with Crippen LogP contribution in [-0.4, -0.2) is 125 Å². The van der Waals surface area contributed by atoms with Crippen molar-refractivity contribution in [2.75, 3.05) is 72.2 Å². The molecule has 2 unspecified atom stereocenters. The lowest BCUT2D eigenvalue weighted by molar-refractivity contribution is -0.136. The zero-order valence-electron chi connectivity index (χ0n) is 29.0. The van der Waals surface area contributed by atoms with Crippen molar-refractivity contribution in [1.82, 2.24) is 19.6 Å². The first-order valence-corrected chi connectivity index (χ1v) is 17.3. The molecule has 2 fully saturated rings. The lowest BCUT2D eigenvalue weighted by atomic mass is 9.85. The van der Waals surface area contributed by atoms with Gasteiger partial charge in [0.15, 0.2) is 0 Å². The van der Waals surface area contributed by atoms with Crippen molar-refractivity contribution >= 4 is 17.8 Å². The summed E-state index contributed by atoms with van der Waals surface area (Å²) in [5.74, 6) is 1.28. The number of carbonyl (C=O) groups is 2. The van der Waals surface area contributed by atoms with E-state index in [9.17, 15) is 24.9 Å². The van der Waals surface area contributed by atoms with Crippen molar-refractivity contribution < 1.29 is 34.4 Å². The third kappa shape index (κ3) is 7.42. The van der Waals surface area contributed by atoms with Crippen molar-refractivity contribution in [3.05, 3.63) is 89.0 Å². The highest BCUT2D eigenvalue weighted by Crippen LogP contribution is 2.46. The normalized spacial score (nSPS) is 20.2. The van der Waals surface area contributed by atoms with E-state index < -0.39 is 17.5 Å². The predicted molar refractivity (Wildman–Crippen MR) is 189 cm³/mol. The predicted octanol–water partition coefficient (Wildman–Crippen LogP) is 3.91. The molecule has 3 heterocycles. The summed E-state index contributed by atoms with van der Waals surface area (Å²) in [6.45, 7) is 10.7. The Balaban J connectivity index is 1.37. The highest BCUT2D eigenvalue weighted by atomic mass is 16.5. The number of amides is 3. The van der Waals surface area contributed by atoms with Gasteiger partial charge in [0.1, 0.15) is 29.1 Å². The van der Waals surface area contributed by atoms with Crippen molar-refractivity contribution in [3.63, 3.8) is 0 Å². The van der Waals surface area contributed by atoms with Crippen LogP contribution in [0.25, 0.3) is 0 Å². The molecule has 0 aliphatic carbocycles. The van der Waals surface area contributed by atoms with Crippen LogP contribution in [0.4, 0.5) is 4.79 Å². The first-order chi connectivity index (χ1) is 24.1. The number of rotatable bonds is 9. The van der Waals surface area contributed by atoms with Gasteiger partial charge < -0.3 is 34.6 Å². The number of aromatic hydroxyl groups is 2. The second-order valence-corrected chi connectivity index (χ2v) is 13.6. The molecule has 3 aliphatic rings. The summed E-state index contributed by atoms with van der Waals surface area (Å²) in [6.07, 6.45) is 0. The van der Waals surface area contributed by atoms with Crippen LogP contribution in [0.15, 0.2) is 71.7 Å². The Hall–Kier alpha value is -4.65. The Bertz CT molecular complexity index is 1680. The number of phenolic OH excluding ortho intramolecular Hbond substituents is 2. The number of benzene rings is 3. The maximum atomic E-state index is 14.9. The molecule has 3 aliphatic heterocycles.